The number of rotatable bonds is 7. The van der Waals surface area contributed by atoms with Crippen molar-refractivity contribution in [3.8, 4) is 5.75 Å². The minimum Gasteiger partial charge on any atom is -0.494 e. The molecular weight excluding hydrogens is 470 g/mol. The standard InChI is InChI=1S/C24H25N5O5S/c1-4-33-19-11-9-18(10-12-19)29(35(31,32)23-16(2)26-34-17(23)3)15-22(30)28-14-13-27-21-8-6-5-7-20(21)25-24(27)28/h5-12H,4,13-15H2,1-3H3. The number of benzene rings is 2. The van der Waals surface area contributed by atoms with Crippen LogP contribution in [-0.2, 0) is 21.4 Å². The summed E-state index contributed by atoms with van der Waals surface area (Å²) in [4.78, 5) is 19.6. The van der Waals surface area contributed by atoms with E-state index in [2.05, 4.69) is 10.1 Å². The molecule has 1 amide bonds. The molecule has 0 N–H and O–H groups in total. The Hall–Kier alpha value is -3.86. The molecule has 35 heavy (non-hydrogen) atoms. The van der Waals surface area contributed by atoms with Gasteiger partial charge in [-0.25, -0.2) is 13.4 Å². The van der Waals surface area contributed by atoms with Crippen LogP contribution in [0.15, 0.2) is 57.9 Å². The summed E-state index contributed by atoms with van der Waals surface area (Å²) in [5, 5.41) is 3.80. The van der Waals surface area contributed by atoms with Crippen molar-refractivity contribution in [2.75, 3.05) is 28.9 Å². The monoisotopic (exact) mass is 495 g/mol. The van der Waals surface area contributed by atoms with Gasteiger partial charge in [0.25, 0.3) is 10.0 Å². The van der Waals surface area contributed by atoms with Crippen LogP contribution in [0.4, 0.5) is 11.6 Å². The van der Waals surface area contributed by atoms with Crippen LogP contribution >= 0.6 is 0 Å². The maximum absolute atomic E-state index is 13.8. The fourth-order valence-corrected chi connectivity index (χ4v) is 6.09. The molecule has 0 radical (unpaired) electrons. The van der Waals surface area contributed by atoms with E-state index < -0.39 is 16.6 Å². The zero-order valence-electron chi connectivity index (χ0n) is 19.6. The number of para-hydroxylation sites is 2. The Labute approximate surface area is 202 Å². The number of anilines is 2. The highest BCUT2D eigenvalue weighted by molar-refractivity contribution is 7.93. The van der Waals surface area contributed by atoms with Gasteiger partial charge in [-0.15, -0.1) is 0 Å². The van der Waals surface area contributed by atoms with Crippen LogP contribution in [0.25, 0.3) is 11.0 Å². The van der Waals surface area contributed by atoms with Crippen molar-refractivity contribution in [1.82, 2.24) is 14.7 Å². The third-order valence-corrected chi connectivity index (χ3v) is 7.97. The highest BCUT2D eigenvalue weighted by atomic mass is 32.2. The van der Waals surface area contributed by atoms with E-state index >= 15 is 0 Å². The van der Waals surface area contributed by atoms with Crippen LogP contribution in [0, 0.1) is 13.8 Å². The van der Waals surface area contributed by atoms with Gasteiger partial charge in [0.05, 0.1) is 23.3 Å². The molecule has 0 unspecified atom stereocenters. The fraction of sp³-hybridized carbons (Fsp3) is 0.292. The van der Waals surface area contributed by atoms with Crippen molar-refractivity contribution < 1.29 is 22.5 Å². The van der Waals surface area contributed by atoms with Crippen molar-refractivity contribution >= 4 is 38.6 Å². The average molecular weight is 496 g/mol. The van der Waals surface area contributed by atoms with Gasteiger partial charge >= 0.3 is 0 Å². The first kappa shape index (κ1) is 22.9. The van der Waals surface area contributed by atoms with Gasteiger partial charge in [0.15, 0.2) is 10.7 Å². The third kappa shape index (κ3) is 3.91. The highest BCUT2D eigenvalue weighted by Crippen LogP contribution is 2.31. The number of carbonyl (C=O) groups excluding carboxylic acids is 1. The molecule has 0 saturated heterocycles. The van der Waals surface area contributed by atoms with Gasteiger partial charge in [-0.05, 0) is 57.2 Å². The minimum absolute atomic E-state index is 0.0483. The number of aromatic nitrogens is 3. The number of aryl methyl sites for hydroxylation is 2. The molecule has 4 aromatic rings. The van der Waals surface area contributed by atoms with Gasteiger partial charge in [-0.1, -0.05) is 17.3 Å². The summed E-state index contributed by atoms with van der Waals surface area (Å²) in [5.74, 6) is 0.889. The van der Waals surface area contributed by atoms with Gasteiger partial charge in [0.1, 0.15) is 18.0 Å². The van der Waals surface area contributed by atoms with E-state index in [0.717, 1.165) is 15.3 Å². The first-order valence-corrected chi connectivity index (χ1v) is 12.7. The maximum Gasteiger partial charge on any atom is 0.270 e. The quantitative estimate of drug-likeness (QED) is 0.387. The number of hydrogen-bond acceptors (Lipinski definition) is 7. The topological polar surface area (TPSA) is 111 Å². The van der Waals surface area contributed by atoms with Gasteiger partial charge in [-0.2, -0.15) is 0 Å². The number of imidazole rings is 1. The van der Waals surface area contributed by atoms with Crippen molar-refractivity contribution in [2.24, 2.45) is 0 Å². The number of sulfonamides is 1. The summed E-state index contributed by atoms with van der Waals surface area (Å²) < 4.78 is 41.2. The molecule has 182 valence electrons. The average Bonchev–Trinajstić information content (AvgIpc) is 3.51. The normalized spacial score (nSPS) is 13.3. The zero-order chi connectivity index (χ0) is 24.7. The van der Waals surface area contributed by atoms with E-state index in [9.17, 15) is 13.2 Å². The summed E-state index contributed by atoms with van der Waals surface area (Å²) in [6.45, 7) is 6.02. The number of hydrogen-bond donors (Lipinski definition) is 0. The molecule has 11 heteroatoms. The Morgan fingerprint density at radius 2 is 1.86 bits per heavy atom. The van der Waals surface area contributed by atoms with E-state index in [-0.39, 0.29) is 22.3 Å². The maximum atomic E-state index is 13.8. The summed E-state index contributed by atoms with van der Waals surface area (Å²) in [6.07, 6.45) is 0. The molecule has 0 aliphatic carbocycles. The third-order valence-electron chi connectivity index (χ3n) is 5.95. The first-order valence-electron chi connectivity index (χ1n) is 11.3. The summed E-state index contributed by atoms with van der Waals surface area (Å²) >= 11 is 0. The molecule has 5 rings (SSSR count). The van der Waals surface area contributed by atoms with Crippen LogP contribution in [-0.4, -0.2) is 48.7 Å². The van der Waals surface area contributed by atoms with Crippen molar-refractivity contribution in [2.45, 2.75) is 32.2 Å². The number of amides is 1. The predicted molar refractivity (Wildman–Crippen MR) is 130 cm³/mol. The van der Waals surface area contributed by atoms with Crippen molar-refractivity contribution in [3.63, 3.8) is 0 Å². The molecule has 0 bridgehead atoms. The Bertz CT molecular complexity index is 1490. The number of fused-ring (bicyclic) bond motifs is 3. The molecule has 0 spiro atoms. The molecule has 1 aliphatic rings. The molecule has 0 atom stereocenters. The van der Waals surface area contributed by atoms with Gasteiger partial charge in [0, 0.05) is 13.1 Å². The van der Waals surface area contributed by atoms with E-state index in [1.807, 2.05) is 35.8 Å². The second-order valence-electron chi connectivity index (χ2n) is 8.19. The lowest BCUT2D eigenvalue weighted by Crippen LogP contribution is -2.43. The van der Waals surface area contributed by atoms with Gasteiger partial charge < -0.3 is 13.8 Å². The molecule has 3 heterocycles. The molecule has 10 nitrogen and oxygen atoms in total. The van der Waals surface area contributed by atoms with Crippen molar-refractivity contribution in [1.29, 1.82) is 0 Å². The van der Waals surface area contributed by atoms with Crippen LogP contribution in [0.1, 0.15) is 18.4 Å². The van der Waals surface area contributed by atoms with Gasteiger partial charge in [-0.3, -0.25) is 14.0 Å². The first-order chi connectivity index (χ1) is 16.8. The highest BCUT2D eigenvalue weighted by Gasteiger charge is 2.36. The number of carbonyl (C=O) groups is 1. The lowest BCUT2D eigenvalue weighted by Gasteiger charge is -2.26. The van der Waals surface area contributed by atoms with Crippen molar-refractivity contribution in [3.05, 3.63) is 60.0 Å². The summed E-state index contributed by atoms with van der Waals surface area (Å²) in [6, 6.07) is 14.2. The predicted octanol–water partition coefficient (Wildman–Crippen LogP) is 3.28. The Morgan fingerprint density at radius 3 is 2.54 bits per heavy atom. The van der Waals surface area contributed by atoms with Crippen LogP contribution in [0.5, 0.6) is 5.75 Å². The number of nitrogens with zero attached hydrogens (tertiary/aromatic N) is 5. The molecule has 0 fully saturated rings. The fourth-order valence-electron chi connectivity index (χ4n) is 4.38. The Balaban J connectivity index is 1.52. The lowest BCUT2D eigenvalue weighted by molar-refractivity contribution is -0.117. The smallest absolute Gasteiger partial charge is 0.270 e. The second-order valence-corrected chi connectivity index (χ2v) is 9.99. The SMILES string of the molecule is CCOc1ccc(N(CC(=O)N2CCn3c2nc2ccccc23)S(=O)(=O)c2c(C)noc2C)cc1. The second kappa shape index (κ2) is 8.73. The Kier molecular flexibility index (Phi) is 5.72. The molecule has 2 aromatic carbocycles. The van der Waals surface area contributed by atoms with Crippen LogP contribution < -0.4 is 13.9 Å². The van der Waals surface area contributed by atoms with Crippen LogP contribution in [0.2, 0.25) is 0 Å². The minimum atomic E-state index is -4.16. The summed E-state index contributed by atoms with van der Waals surface area (Å²) in [5.41, 5.74) is 2.28. The summed E-state index contributed by atoms with van der Waals surface area (Å²) in [7, 11) is -4.16. The lowest BCUT2D eigenvalue weighted by atomic mass is 10.3. The molecular formula is C24H25N5O5S. The molecule has 2 aromatic heterocycles. The largest absolute Gasteiger partial charge is 0.494 e. The molecule has 1 aliphatic heterocycles. The van der Waals surface area contributed by atoms with E-state index in [1.54, 1.807) is 31.2 Å². The Morgan fingerprint density at radius 1 is 1.11 bits per heavy atom. The van der Waals surface area contributed by atoms with E-state index in [4.69, 9.17) is 9.26 Å². The van der Waals surface area contributed by atoms with Crippen LogP contribution in [0.3, 0.4) is 0 Å². The van der Waals surface area contributed by atoms with E-state index in [0.29, 0.717) is 37.1 Å². The zero-order valence-corrected chi connectivity index (χ0v) is 20.4. The van der Waals surface area contributed by atoms with Gasteiger partial charge in [0.2, 0.25) is 11.9 Å². The van der Waals surface area contributed by atoms with E-state index in [1.165, 1.54) is 11.8 Å². The number of ether oxygens (including phenoxy) is 1. The molecule has 0 saturated carbocycles.